The topological polar surface area (TPSA) is 118 Å². The smallest absolute Gasteiger partial charge is 0.475 e. The van der Waals surface area contributed by atoms with Gasteiger partial charge < -0.3 is 24.5 Å². The first-order chi connectivity index (χ1) is 15.2. The van der Waals surface area contributed by atoms with Crippen LogP contribution in [0.3, 0.4) is 0 Å². The van der Waals surface area contributed by atoms with Crippen molar-refractivity contribution in [2.75, 3.05) is 31.6 Å². The number of piperidine rings is 1. The fraction of sp³-hybridized carbons (Fsp3) is 0.500. The van der Waals surface area contributed by atoms with Crippen LogP contribution in [0.1, 0.15) is 22.5 Å². The van der Waals surface area contributed by atoms with Crippen LogP contribution < -0.4 is 5.32 Å². The summed E-state index contributed by atoms with van der Waals surface area (Å²) in [4.78, 5) is 31.8. The molecule has 0 saturated carbocycles. The van der Waals surface area contributed by atoms with Crippen LogP contribution in [0, 0.1) is 18.8 Å². The number of carbonyl (C=O) groups excluding carboxylic acids is 1. The van der Waals surface area contributed by atoms with E-state index in [1.165, 1.54) is 0 Å². The first-order valence-corrected chi connectivity index (χ1v) is 9.92. The number of halogens is 3. The lowest BCUT2D eigenvalue weighted by atomic mass is 9.84. The van der Waals surface area contributed by atoms with Gasteiger partial charge in [-0.25, -0.2) is 14.8 Å². The highest BCUT2D eigenvalue weighted by molar-refractivity contribution is 5.95. The van der Waals surface area contributed by atoms with Gasteiger partial charge in [-0.15, -0.1) is 0 Å². The Morgan fingerprint density at radius 2 is 2.00 bits per heavy atom. The third-order valence-electron chi connectivity index (χ3n) is 5.44. The van der Waals surface area contributed by atoms with Crippen LogP contribution in [0.25, 0.3) is 0 Å². The lowest BCUT2D eigenvalue weighted by Gasteiger charge is -2.35. The summed E-state index contributed by atoms with van der Waals surface area (Å²) < 4.78 is 43.0. The minimum atomic E-state index is -5.08. The summed E-state index contributed by atoms with van der Waals surface area (Å²) in [5, 5.41) is 10.4. The average Bonchev–Trinajstić information content (AvgIpc) is 3.37. The van der Waals surface area contributed by atoms with Crippen molar-refractivity contribution in [3.8, 4) is 0 Å². The first-order valence-electron chi connectivity index (χ1n) is 9.92. The molecule has 2 aliphatic rings. The molecule has 0 spiro atoms. The number of carboxylic acids is 1. The van der Waals surface area contributed by atoms with E-state index < -0.39 is 12.1 Å². The first kappa shape index (κ1) is 23.5. The van der Waals surface area contributed by atoms with Gasteiger partial charge in [-0.3, -0.25) is 4.79 Å². The number of aryl methyl sites for hydroxylation is 1. The number of aromatic nitrogens is 2. The van der Waals surface area contributed by atoms with E-state index in [4.69, 9.17) is 19.1 Å². The molecule has 2 aliphatic heterocycles. The summed E-state index contributed by atoms with van der Waals surface area (Å²) in [5.41, 5.74) is 0.664. The molecule has 32 heavy (non-hydrogen) atoms. The highest BCUT2D eigenvalue weighted by Gasteiger charge is 2.42. The Morgan fingerprint density at radius 1 is 1.31 bits per heavy atom. The lowest BCUT2D eigenvalue weighted by Crippen LogP contribution is -2.45. The van der Waals surface area contributed by atoms with Gasteiger partial charge in [0.1, 0.15) is 5.76 Å². The number of hydrogen-bond acceptors (Lipinski definition) is 7. The number of furan rings is 1. The maximum atomic E-state index is 12.7. The summed E-state index contributed by atoms with van der Waals surface area (Å²) in [7, 11) is 0. The van der Waals surface area contributed by atoms with Gasteiger partial charge in [-0.1, -0.05) is 0 Å². The van der Waals surface area contributed by atoms with Crippen LogP contribution in [0.4, 0.5) is 19.1 Å². The number of rotatable bonds is 4. The molecule has 4 heterocycles. The molecule has 0 bridgehead atoms. The third-order valence-corrected chi connectivity index (χ3v) is 5.44. The number of hydrogen-bond donors (Lipinski definition) is 2. The largest absolute Gasteiger partial charge is 0.490 e. The van der Waals surface area contributed by atoms with Crippen LogP contribution in [0.5, 0.6) is 0 Å². The molecule has 0 unspecified atom stereocenters. The number of ether oxygens (including phenoxy) is 1. The van der Waals surface area contributed by atoms with E-state index in [2.05, 4.69) is 15.3 Å². The number of aliphatic carboxylic acids is 1. The van der Waals surface area contributed by atoms with Crippen molar-refractivity contribution >= 4 is 17.8 Å². The maximum absolute atomic E-state index is 12.7. The van der Waals surface area contributed by atoms with E-state index in [1.807, 2.05) is 11.8 Å². The third kappa shape index (κ3) is 5.75. The Hall–Kier alpha value is -3.15. The molecule has 12 heteroatoms. The van der Waals surface area contributed by atoms with Gasteiger partial charge in [0.05, 0.1) is 24.5 Å². The standard InChI is InChI=1S/C18H22N4O3.C2HF3O2/c1-12-14(4-8-24-12)17(23)22-7-3-15-13(10-22)11-25-16(15)9-21-18-19-5-2-6-20-18;3-2(4,5)1(6)7/h2,4-6,8,13,15-16H,3,7,9-11H2,1H3,(H,19,20,21);(H,6,7)/t13-,15-,16-;/m1./s1. The minimum absolute atomic E-state index is 0.0592. The van der Waals surface area contributed by atoms with Crippen LogP contribution in [0.2, 0.25) is 0 Å². The molecule has 2 fully saturated rings. The minimum Gasteiger partial charge on any atom is -0.475 e. The van der Waals surface area contributed by atoms with E-state index in [0.29, 0.717) is 42.3 Å². The van der Waals surface area contributed by atoms with Crippen molar-refractivity contribution < 1.29 is 37.0 Å². The number of alkyl halides is 3. The normalized spacial score (nSPS) is 22.5. The molecule has 4 rings (SSSR count). The van der Waals surface area contributed by atoms with E-state index in [9.17, 15) is 18.0 Å². The van der Waals surface area contributed by atoms with E-state index in [-0.39, 0.29) is 12.0 Å². The molecular weight excluding hydrogens is 433 g/mol. The van der Waals surface area contributed by atoms with Crippen LogP contribution in [-0.4, -0.2) is 70.4 Å². The Morgan fingerprint density at radius 3 is 2.59 bits per heavy atom. The molecule has 0 aliphatic carbocycles. The number of anilines is 1. The Kier molecular flexibility index (Phi) is 7.33. The number of amides is 1. The van der Waals surface area contributed by atoms with Gasteiger partial charge >= 0.3 is 12.1 Å². The number of likely N-dealkylation sites (tertiary alicyclic amines) is 1. The lowest BCUT2D eigenvalue weighted by molar-refractivity contribution is -0.192. The number of fused-ring (bicyclic) bond motifs is 1. The molecule has 2 aromatic rings. The highest BCUT2D eigenvalue weighted by Crippen LogP contribution is 2.35. The zero-order valence-electron chi connectivity index (χ0n) is 17.2. The van der Waals surface area contributed by atoms with Crippen LogP contribution in [0.15, 0.2) is 35.2 Å². The zero-order valence-corrected chi connectivity index (χ0v) is 17.2. The predicted molar refractivity (Wildman–Crippen MR) is 105 cm³/mol. The predicted octanol–water partition coefficient (Wildman–Crippen LogP) is 2.60. The molecule has 2 N–H and O–H groups in total. The van der Waals surface area contributed by atoms with Crippen molar-refractivity contribution in [3.63, 3.8) is 0 Å². The van der Waals surface area contributed by atoms with Crippen molar-refractivity contribution in [2.24, 2.45) is 11.8 Å². The van der Waals surface area contributed by atoms with Gasteiger partial charge in [-0.2, -0.15) is 13.2 Å². The van der Waals surface area contributed by atoms with Crippen LogP contribution >= 0.6 is 0 Å². The quantitative estimate of drug-likeness (QED) is 0.721. The molecule has 9 nitrogen and oxygen atoms in total. The number of carboxylic acid groups (broad SMARTS) is 1. The molecular formula is C20H23F3N4O5. The number of nitrogens with one attached hydrogen (secondary N) is 1. The Balaban J connectivity index is 0.000000360. The molecule has 2 saturated heterocycles. The highest BCUT2D eigenvalue weighted by atomic mass is 19.4. The van der Waals surface area contributed by atoms with E-state index in [1.54, 1.807) is 30.8 Å². The van der Waals surface area contributed by atoms with Gasteiger partial charge in [0.15, 0.2) is 0 Å². The second-order valence-electron chi connectivity index (χ2n) is 7.48. The van der Waals surface area contributed by atoms with E-state index >= 15 is 0 Å². The second kappa shape index (κ2) is 9.98. The second-order valence-corrected chi connectivity index (χ2v) is 7.48. The molecule has 3 atom stereocenters. The fourth-order valence-corrected chi connectivity index (χ4v) is 3.84. The van der Waals surface area contributed by atoms with Crippen LogP contribution in [-0.2, 0) is 9.53 Å². The van der Waals surface area contributed by atoms with E-state index in [0.717, 1.165) is 19.5 Å². The number of nitrogens with zero attached hydrogens (tertiary/aromatic N) is 3. The summed E-state index contributed by atoms with van der Waals surface area (Å²) in [6, 6.07) is 3.54. The van der Waals surface area contributed by atoms with Gasteiger partial charge in [-0.05, 0) is 31.4 Å². The van der Waals surface area contributed by atoms with Gasteiger partial charge in [0.25, 0.3) is 5.91 Å². The monoisotopic (exact) mass is 456 g/mol. The SMILES string of the molecule is Cc1occc1C(=O)N1CC[C@@H]2[C@@H](CO[C@@H]2CNc2ncccn2)C1.O=C(O)C(F)(F)F. The summed E-state index contributed by atoms with van der Waals surface area (Å²) in [5.74, 6) is -0.548. The Labute approximate surface area is 181 Å². The average molecular weight is 456 g/mol. The van der Waals surface area contributed by atoms with Crippen molar-refractivity contribution in [1.29, 1.82) is 0 Å². The maximum Gasteiger partial charge on any atom is 0.490 e. The number of carbonyl (C=O) groups is 2. The van der Waals surface area contributed by atoms with Crippen molar-refractivity contribution in [3.05, 3.63) is 42.1 Å². The molecule has 0 aromatic carbocycles. The summed E-state index contributed by atoms with van der Waals surface area (Å²) >= 11 is 0. The van der Waals surface area contributed by atoms with Crippen molar-refractivity contribution in [1.82, 2.24) is 14.9 Å². The fourth-order valence-electron chi connectivity index (χ4n) is 3.84. The summed E-state index contributed by atoms with van der Waals surface area (Å²) in [6.45, 7) is 4.71. The van der Waals surface area contributed by atoms with Crippen molar-refractivity contribution in [2.45, 2.75) is 25.6 Å². The molecule has 1 amide bonds. The summed E-state index contributed by atoms with van der Waals surface area (Å²) in [6.07, 6.45) is 1.02. The van der Waals surface area contributed by atoms with Gasteiger partial charge in [0.2, 0.25) is 5.95 Å². The Bertz CT molecular complexity index is 921. The molecule has 2 aromatic heterocycles. The zero-order chi connectivity index (χ0) is 23.3. The molecule has 0 radical (unpaired) electrons. The van der Waals surface area contributed by atoms with Gasteiger partial charge in [0, 0.05) is 37.9 Å². The molecule has 174 valence electrons.